The molecule has 1 heterocycles. The lowest BCUT2D eigenvalue weighted by atomic mass is 10.1. The molecular weight excluding hydrogens is 170 g/mol. The van der Waals surface area contributed by atoms with Crippen LogP contribution < -0.4 is 0 Å². The Morgan fingerprint density at radius 1 is 1.77 bits per heavy atom. The Balaban J connectivity index is 2.29. The molecule has 0 aliphatic carbocycles. The Kier molecular flexibility index (Phi) is 3.69. The van der Waals surface area contributed by atoms with Crippen LogP contribution >= 0.6 is 0 Å². The summed E-state index contributed by atoms with van der Waals surface area (Å²) in [6.07, 6.45) is 0.957. The van der Waals surface area contributed by atoms with Gasteiger partial charge in [0.1, 0.15) is 0 Å². The first kappa shape index (κ1) is 10.5. The van der Waals surface area contributed by atoms with Crippen LogP contribution in [-0.4, -0.2) is 48.8 Å². The quantitative estimate of drug-likeness (QED) is 0.693. The number of aliphatic carboxylic acids is 1. The minimum absolute atomic E-state index is 0.177. The van der Waals surface area contributed by atoms with Crippen molar-refractivity contribution >= 4 is 5.97 Å². The standard InChI is InChI=1S/C9H17NO3/c1-7(13-2)5-10-4-3-8(6-10)9(11)12/h7-8H,3-6H2,1-2H3,(H,11,12). The van der Waals surface area contributed by atoms with E-state index in [1.165, 1.54) is 0 Å². The van der Waals surface area contributed by atoms with Crippen LogP contribution in [0.25, 0.3) is 0 Å². The van der Waals surface area contributed by atoms with Crippen molar-refractivity contribution in [3.8, 4) is 0 Å². The van der Waals surface area contributed by atoms with Gasteiger partial charge >= 0.3 is 5.97 Å². The van der Waals surface area contributed by atoms with Crippen molar-refractivity contribution in [2.75, 3.05) is 26.7 Å². The molecule has 0 amide bonds. The average Bonchev–Trinajstić information content (AvgIpc) is 2.52. The van der Waals surface area contributed by atoms with E-state index in [1.807, 2.05) is 6.92 Å². The smallest absolute Gasteiger partial charge is 0.307 e. The molecule has 1 rings (SSSR count). The summed E-state index contributed by atoms with van der Waals surface area (Å²) in [6.45, 7) is 4.38. The van der Waals surface area contributed by atoms with Gasteiger partial charge in [-0.25, -0.2) is 0 Å². The number of rotatable bonds is 4. The molecule has 0 radical (unpaired) electrons. The molecule has 76 valence electrons. The number of ether oxygens (including phenoxy) is 1. The molecule has 1 aliphatic rings. The topological polar surface area (TPSA) is 49.8 Å². The molecule has 4 heteroatoms. The molecule has 2 unspecified atom stereocenters. The molecule has 0 aromatic carbocycles. The second-order valence-electron chi connectivity index (χ2n) is 3.63. The van der Waals surface area contributed by atoms with E-state index in [-0.39, 0.29) is 12.0 Å². The van der Waals surface area contributed by atoms with Crippen molar-refractivity contribution in [3.05, 3.63) is 0 Å². The molecule has 0 spiro atoms. The molecule has 1 saturated heterocycles. The first-order chi connectivity index (χ1) is 6.13. The summed E-state index contributed by atoms with van der Waals surface area (Å²) in [6, 6.07) is 0. The highest BCUT2D eigenvalue weighted by Crippen LogP contribution is 2.16. The second kappa shape index (κ2) is 4.58. The van der Waals surface area contributed by atoms with E-state index < -0.39 is 5.97 Å². The molecule has 0 aromatic rings. The van der Waals surface area contributed by atoms with E-state index in [2.05, 4.69) is 4.90 Å². The highest BCUT2D eigenvalue weighted by atomic mass is 16.5. The lowest BCUT2D eigenvalue weighted by Gasteiger charge is -2.19. The van der Waals surface area contributed by atoms with Gasteiger partial charge in [-0.1, -0.05) is 0 Å². The summed E-state index contributed by atoms with van der Waals surface area (Å²) in [5.41, 5.74) is 0. The zero-order chi connectivity index (χ0) is 9.84. The SMILES string of the molecule is COC(C)CN1CCC(C(=O)O)C1. The Morgan fingerprint density at radius 3 is 2.92 bits per heavy atom. The normalized spacial score (nSPS) is 26.2. The summed E-state index contributed by atoms with van der Waals surface area (Å²) in [5.74, 6) is -0.850. The number of hydrogen-bond donors (Lipinski definition) is 1. The van der Waals surface area contributed by atoms with Crippen LogP contribution in [0, 0.1) is 5.92 Å². The van der Waals surface area contributed by atoms with Gasteiger partial charge in [-0.05, 0) is 19.9 Å². The van der Waals surface area contributed by atoms with E-state index in [9.17, 15) is 4.79 Å². The van der Waals surface area contributed by atoms with Gasteiger partial charge in [0, 0.05) is 20.2 Å². The van der Waals surface area contributed by atoms with Crippen LogP contribution in [0.4, 0.5) is 0 Å². The van der Waals surface area contributed by atoms with Crippen molar-refractivity contribution in [1.29, 1.82) is 0 Å². The highest BCUT2D eigenvalue weighted by Gasteiger charge is 2.28. The lowest BCUT2D eigenvalue weighted by Crippen LogP contribution is -2.31. The number of carboxylic acid groups (broad SMARTS) is 1. The molecule has 1 aliphatic heterocycles. The number of carboxylic acids is 1. The van der Waals surface area contributed by atoms with Crippen LogP contribution in [0.15, 0.2) is 0 Å². The van der Waals surface area contributed by atoms with Gasteiger partial charge in [0.25, 0.3) is 0 Å². The first-order valence-electron chi connectivity index (χ1n) is 4.61. The average molecular weight is 187 g/mol. The largest absolute Gasteiger partial charge is 0.481 e. The molecule has 4 nitrogen and oxygen atoms in total. The van der Waals surface area contributed by atoms with Gasteiger partial charge in [-0.15, -0.1) is 0 Å². The monoisotopic (exact) mass is 187 g/mol. The van der Waals surface area contributed by atoms with E-state index >= 15 is 0 Å². The molecule has 2 atom stereocenters. The predicted molar refractivity (Wildman–Crippen MR) is 48.7 cm³/mol. The zero-order valence-electron chi connectivity index (χ0n) is 8.19. The van der Waals surface area contributed by atoms with Crippen LogP contribution in [0.5, 0.6) is 0 Å². The van der Waals surface area contributed by atoms with Gasteiger partial charge in [-0.3, -0.25) is 9.69 Å². The van der Waals surface area contributed by atoms with E-state index in [4.69, 9.17) is 9.84 Å². The van der Waals surface area contributed by atoms with Gasteiger partial charge in [-0.2, -0.15) is 0 Å². The minimum Gasteiger partial charge on any atom is -0.481 e. The summed E-state index contributed by atoms with van der Waals surface area (Å²) in [5, 5.41) is 8.76. The number of hydrogen-bond acceptors (Lipinski definition) is 3. The fraction of sp³-hybridized carbons (Fsp3) is 0.889. The van der Waals surface area contributed by atoms with Gasteiger partial charge in [0.15, 0.2) is 0 Å². The van der Waals surface area contributed by atoms with Crippen molar-refractivity contribution in [2.24, 2.45) is 5.92 Å². The number of likely N-dealkylation sites (tertiary alicyclic amines) is 1. The Labute approximate surface area is 78.5 Å². The van der Waals surface area contributed by atoms with Crippen molar-refractivity contribution < 1.29 is 14.6 Å². The highest BCUT2D eigenvalue weighted by molar-refractivity contribution is 5.70. The molecule has 13 heavy (non-hydrogen) atoms. The second-order valence-corrected chi connectivity index (χ2v) is 3.63. The molecule has 0 saturated carbocycles. The Hall–Kier alpha value is -0.610. The number of methoxy groups -OCH3 is 1. The lowest BCUT2D eigenvalue weighted by molar-refractivity contribution is -0.141. The van der Waals surface area contributed by atoms with Gasteiger partial charge < -0.3 is 9.84 Å². The third-order valence-electron chi connectivity index (χ3n) is 2.54. The van der Waals surface area contributed by atoms with Crippen LogP contribution in [-0.2, 0) is 9.53 Å². The van der Waals surface area contributed by atoms with Gasteiger partial charge in [0.05, 0.1) is 12.0 Å². The molecule has 1 fully saturated rings. The van der Waals surface area contributed by atoms with E-state index in [1.54, 1.807) is 7.11 Å². The van der Waals surface area contributed by atoms with Gasteiger partial charge in [0.2, 0.25) is 0 Å². The number of nitrogens with zero attached hydrogens (tertiary/aromatic N) is 1. The summed E-state index contributed by atoms with van der Waals surface area (Å²) in [7, 11) is 1.68. The Bertz CT molecular complexity index is 184. The maximum absolute atomic E-state index is 10.6. The number of carbonyl (C=O) groups is 1. The fourth-order valence-electron chi connectivity index (χ4n) is 1.64. The fourth-order valence-corrected chi connectivity index (χ4v) is 1.64. The van der Waals surface area contributed by atoms with Crippen LogP contribution in [0.2, 0.25) is 0 Å². The van der Waals surface area contributed by atoms with E-state index in [0.717, 1.165) is 19.5 Å². The van der Waals surface area contributed by atoms with Crippen LogP contribution in [0.3, 0.4) is 0 Å². The zero-order valence-corrected chi connectivity index (χ0v) is 8.19. The van der Waals surface area contributed by atoms with E-state index in [0.29, 0.717) is 6.54 Å². The van der Waals surface area contributed by atoms with Crippen molar-refractivity contribution in [1.82, 2.24) is 4.90 Å². The first-order valence-corrected chi connectivity index (χ1v) is 4.61. The summed E-state index contributed by atoms with van der Waals surface area (Å²) in [4.78, 5) is 12.8. The van der Waals surface area contributed by atoms with Crippen molar-refractivity contribution in [3.63, 3.8) is 0 Å². The van der Waals surface area contributed by atoms with Crippen molar-refractivity contribution in [2.45, 2.75) is 19.4 Å². The molecular formula is C9H17NO3. The predicted octanol–water partition coefficient (Wildman–Crippen LogP) is 0.428. The third-order valence-corrected chi connectivity index (χ3v) is 2.54. The van der Waals surface area contributed by atoms with Crippen LogP contribution in [0.1, 0.15) is 13.3 Å². The molecule has 0 aromatic heterocycles. The summed E-state index contributed by atoms with van der Waals surface area (Å²) < 4.78 is 5.12. The molecule has 1 N–H and O–H groups in total. The summed E-state index contributed by atoms with van der Waals surface area (Å²) >= 11 is 0. The maximum atomic E-state index is 10.6. The maximum Gasteiger partial charge on any atom is 0.307 e. The molecule has 0 bridgehead atoms. The Morgan fingerprint density at radius 2 is 2.46 bits per heavy atom. The minimum atomic E-state index is -0.674. The third kappa shape index (κ3) is 2.97.